The first-order chi connectivity index (χ1) is 31.4. The van der Waals surface area contributed by atoms with Crippen molar-refractivity contribution in [2.24, 2.45) is 0 Å². The van der Waals surface area contributed by atoms with Crippen molar-refractivity contribution in [1.82, 2.24) is 0 Å². The van der Waals surface area contributed by atoms with Gasteiger partial charge in [0.15, 0.2) is 12.6 Å². The van der Waals surface area contributed by atoms with Gasteiger partial charge < -0.3 is 66.3 Å². The average molecular weight is 891 g/mol. The van der Waals surface area contributed by atoms with Crippen LogP contribution in [-0.2, 0) is 71.7 Å². The normalized spacial score (nSPS) is 22.7. The third-order valence-corrected chi connectivity index (χ3v) is 11.3. The van der Waals surface area contributed by atoms with Gasteiger partial charge in [0.25, 0.3) is 0 Å². The number of rotatable bonds is 16. The summed E-state index contributed by atoms with van der Waals surface area (Å²) in [7, 11) is 0. The Morgan fingerprint density at radius 2 is 0.651 bits per heavy atom. The number of hydrogen-bond donors (Lipinski definition) is 0. The molecule has 2 aromatic carbocycles. The summed E-state index contributed by atoms with van der Waals surface area (Å²) in [5.74, 6) is 0. The number of fused-ring (bicyclic) bond motifs is 3. The molecule has 2 fully saturated rings. The molecule has 1 aliphatic carbocycles. The van der Waals surface area contributed by atoms with Gasteiger partial charge in [0.1, 0.15) is 0 Å². The summed E-state index contributed by atoms with van der Waals surface area (Å²) in [5.41, 5.74) is 5.75. The highest BCUT2D eigenvalue weighted by atomic mass is 16.7. The van der Waals surface area contributed by atoms with Crippen LogP contribution < -0.4 is 0 Å². The van der Waals surface area contributed by atoms with E-state index in [1.165, 1.54) is 22.3 Å². The lowest BCUT2D eigenvalue weighted by molar-refractivity contribution is -0.181. The molecule has 5 rings (SSSR count). The van der Waals surface area contributed by atoms with Gasteiger partial charge in [-0.1, -0.05) is 87.1 Å². The molecule has 0 amide bonds. The second-order valence-electron chi connectivity index (χ2n) is 15.9. The van der Waals surface area contributed by atoms with E-state index in [-0.39, 0.29) is 5.41 Å². The zero-order valence-electron chi connectivity index (χ0n) is 38.0. The fraction of sp³-hybridized carbons (Fsp3) is 0.755. The van der Waals surface area contributed by atoms with E-state index in [2.05, 4.69) is 48.5 Å². The lowest BCUT2D eigenvalue weighted by atomic mass is 9.70. The molecule has 0 bridgehead atoms. The first-order valence-corrected chi connectivity index (χ1v) is 23.8. The van der Waals surface area contributed by atoms with Crippen LogP contribution in [0.4, 0.5) is 0 Å². The fourth-order valence-electron chi connectivity index (χ4n) is 8.16. The van der Waals surface area contributed by atoms with Crippen molar-refractivity contribution in [1.29, 1.82) is 0 Å². The van der Waals surface area contributed by atoms with Gasteiger partial charge in [-0.3, -0.25) is 0 Å². The molecule has 0 aromatic heterocycles. The Morgan fingerprint density at radius 3 is 1.02 bits per heavy atom. The van der Waals surface area contributed by atoms with E-state index in [1.54, 1.807) is 0 Å². The Balaban J connectivity index is 1.03. The van der Waals surface area contributed by atoms with Gasteiger partial charge in [-0.15, -0.1) is 0 Å². The van der Waals surface area contributed by atoms with Crippen molar-refractivity contribution in [3.8, 4) is 11.1 Å². The zero-order valence-corrected chi connectivity index (χ0v) is 38.0. The van der Waals surface area contributed by atoms with Crippen LogP contribution in [0.15, 0.2) is 48.5 Å². The summed E-state index contributed by atoms with van der Waals surface area (Å²) in [5, 5.41) is 0. The van der Waals surface area contributed by atoms with Gasteiger partial charge in [-0.2, -0.15) is 0 Å². The molecule has 2 aliphatic heterocycles. The Labute approximate surface area is 377 Å². The minimum Gasteiger partial charge on any atom is -0.377 e. The Hall–Kier alpha value is -2.12. The molecule has 0 N–H and O–H groups in total. The topological polar surface area (TPSA) is 129 Å². The first kappa shape index (κ1) is 51.9. The lowest BCUT2D eigenvalue weighted by Crippen LogP contribution is -2.27. The second kappa shape index (κ2) is 34.2. The summed E-state index contributed by atoms with van der Waals surface area (Å²) in [6, 6.07) is 18.1. The second-order valence-corrected chi connectivity index (χ2v) is 15.9. The van der Waals surface area contributed by atoms with Gasteiger partial charge in [0.05, 0.1) is 145 Å². The molecule has 2 saturated heterocycles. The maximum absolute atomic E-state index is 6.17. The fourth-order valence-corrected chi connectivity index (χ4v) is 8.16. The molecule has 0 spiro atoms. The summed E-state index contributed by atoms with van der Waals surface area (Å²) < 4.78 is 80.6. The SMILES string of the molecule is c1ccc2c(c1)-c1ccccc1C2(CCCCCCOC1COCCOCCOCCOCCOCCO1)CCCCCCOC1COCCOCCOCCOCCOCCO1. The minimum atomic E-state index is -0.447. The molecule has 358 valence electrons. The molecule has 14 nitrogen and oxygen atoms in total. The highest BCUT2D eigenvalue weighted by Gasteiger charge is 2.41. The third kappa shape index (κ3) is 20.9. The van der Waals surface area contributed by atoms with E-state index >= 15 is 0 Å². The van der Waals surface area contributed by atoms with Gasteiger partial charge in [0, 0.05) is 18.6 Å². The van der Waals surface area contributed by atoms with Crippen LogP contribution in [0.5, 0.6) is 0 Å². The molecular formula is C49H78O14. The van der Waals surface area contributed by atoms with E-state index in [0.717, 1.165) is 64.2 Å². The molecule has 2 atom stereocenters. The summed E-state index contributed by atoms with van der Waals surface area (Å²) in [4.78, 5) is 0. The molecule has 2 unspecified atom stereocenters. The number of hydrogen-bond acceptors (Lipinski definition) is 14. The van der Waals surface area contributed by atoms with Crippen LogP contribution >= 0.6 is 0 Å². The quantitative estimate of drug-likeness (QED) is 0.165. The van der Waals surface area contributed by atoms with Crippen LogP contribution in [0.2, 0.25) is 0 Å². The predicted molar refractivity (Wildman–Crippen MR) is 238 cm³/mol. The van der Waals surface area contributed by atoms with E-state index in [1.807, 2.05) is 0 Å². The van der Waals surface area contributed by atoms with Crippen molar-refractivity contribution in [3.63, 3.8) is 0 Å². The molecule has 2 heterocycles. The van der Waals surface area contributed by atoms with E-state index < -0.39 is 12.6 Å². The number of benzene rings is 2. The van der Waals surface area contributed by atoms with Crippen LogP contribution in [0.1, 0.15) is 75.3 Å². The molecule has 0 radical (unpaired) electrons. The van der Waals surface area contributed by atoms with Crippen LogP contribution in [0.25, 0.3) is 11.1 Å². The maximum Gasteiger partial charge on any atom is 0.180 e. The van der Waals surface area contributed by atoms with Crippen molar-refractivity contribution >= 4 is 0 Å². The van der Waals surface area contributed by atoms with Crippen molar-refractivity contribution in [2.75, 3.05) is 159 Å². The Morgan fingerprint density at radius 1 is 0.349 bits per heavy atom. The first-order valence-electron chi connectivity index (χ1n) is 23.8. The highest BCUT2D eigenvalue weighted by molar-refractivity contribution is 5.80. The Kier molecular flexibility index (Phi) is 28.2. The van der Waals surface area contributed by atoms with Crippen molar-refractivity contribution in [2.45, 2.75) is 82.2 Å². The standard InChI is InChI=1S/C49H78O14/c1(3-11-19-60-47-41-58-35-33-54-27-25-50-21-23-52-29-31-56-37-39-62-47)9-17-49(45-15-7-5-13-43(45)44-14-6-8-16-46(44)49)18-10-2-4-12-20-61-48-42-59-36-34-55-28-26-51-22-24-53-30-32-57-38-40-63-48/h5-8,13-16,47-48H,1-4,9-12,17-42H2. The maximum atomic E-state index is 6.17. The number of unbranched alkanes of at least 4 members (excludes halogenated alkanes) is 6. The molecule has 63 heavy (non-hydrogen) atoms. The zero-order chi connectivity index (χ0) is 43.6. The smallest absolute Gasteiger partial charge is 0.180 e. The summed E-state index contributed by atoms with van der Waals surface area (Å²) in [6.07, 6.45) is 10.0. The lowest BCUT2D eigenvalue weighted by Gasteiger charge is -2.33. The van der Waals surface area contributed by atoms with Gasteiger partial charge >= 0.3 is 0 Å². The van der Waals surface area contributed by atoms with Crippen LogP contribution in [0.3, 0.4) is 0 Å². The van der Waals surface area contributed by atoms with E-state index in [9.17, 15) is 0 Å². The molecular weight excluding hydrogens is 813 g/mol. The van der Waals surface area contributed by atoms with Crippen LogP contribution in [0, 0.1) is 0 Å². The molecule has 3 aliphatic rings. The van der Waals surface area contributed by atoms with Crippen molar-refractivity contribution < 1.29 is 66.3 Å². The van der Waals surface area contributed by atoms with Crippen molar-refractivity contribution in [3.05, 3.63) is 59.7 Å². The van der Waals surface area contributed by atoms with Gasteiger partial charge in [-0.25, -0.2) is 0 Å². The summed E-state index contributed by atoms with van der Waals surface area (Å²) in [6.45, 7) is 12.0. The predicted octanol–water partition coefficient (Wildman–Crippen LogP) is 6.77. The van der Waals surface area contributed by atoms with Crippen LogP contribution in [-0.4, -0.2) is 171 Å². The molecule has 2 aromatic rings. The molecule has 14 heteroatoms. The Bertz CT molecular complexity index is 1260. The van der Waals surface area contributed by atoms with Gasteiger partial charge in [-0.05, 0) is 47.9 Å². The monoisotopic (exact) mass is 891 g/mol. The minimum absolute atomic E-state index is 0.0105. The van der Waals surface area contributed by atoms with E-state index in [0.29, 0.717) is 159 Å². The molecule has 0 saturated carbocycles. The third-order valence-electron chi connectivity index (χ3n) is 11.3. The van der Waals surface area contributed by atoms with Gasteiger partial charge in [0.2, 0.25) is 0 Å². The average Bonchev–Trinajstić information content (AvgIpc) is 3.58. The summed E-state index contributed by atoms with van der Waals surface area (Å²) >= 11 is 0. The van der Waals surface area contributed by atoms with E-state index in [4.69, 9.17) is 66.3 Å². The number of ether oxygens (including phenoxy) is 14. The highest BCUT2D eigenvalue weighted by Crippen LogP contribution is 2.54. The largest absolute Gasteiger partial charge is 0.377 e.